The molecule has 5 nitrogen and oxygen atoms in total. The van der Waals surface area contributed by atoms with E-state index in [0.29, 0.717) is 12.8 Å². The van der Waals surface area contributed by atoms with Crippen LogP contribution in [0.4, 0.5) is 13.2 Å². The number of hydrogen-bond acceptors (Lipinski definition) is 3. The highest BCUT2D eigenvalue weighted by Crippen LogP contribution is 2.43. The van der Waals surface area contributed by atoms with Crippen molar-refractivity contribution in [2.75, 3.05) is 19.6 Å². The van der Waals surface area contributed by atoms with Gasteiger partial charge in [0, 0.05) is 19.5 Å². The molecule has 8 heteroatoms. The molecule has 0 bridgehead atoms. The zero-order valence-electron chi connectivity index (χ0n) is 10.3. The number of amides is 1. The van der Waals surface area contributed by atoms with Crippen molar-refractivity contribution in [2.24, 2.45) is 5.41 Å². The number of unbranched alkanes of at least 4 members (excludes halogenated alkanes) is 1. The van der Waals surface area contributed by atoms with E-state index in [0.717, 1.165) is 0 Å². The molecule has 1 fully saturated rings. The molecule has 0 spiro atoms. The Morgan fingerprint density at radius 1 is 1.32 bits per heavy atom. The van der Waals surface area contributed by atoms with E-state index in [4.69, 9.17) is 5.11 Å². The lowest BCUT2D eigenvalue weighted by atomic mass is 9.85. The summed E-state index contributed by atoms with van der Waals surface area (Å²) in [4.78, 5) is 22.0. The van der Waals surface area contributed by atoms with Crippen molar-refractivity contribution >= 4 is 11.9 Å². The summed E-state index contributed by atoms with van der Waals surface area (Å²) >= 11 is 0. The summed E-state index contributed by atoms with van der Waals surface area (Å²) in [6.07, 6.45) is -4.23. The van der Waals surface area contributed by atoms with Gasteiger partial charge >= 0.3 is 12.1 Å². The number of nitrogens with one attached hydrogen (secondary N) is 2. The predicted octanol–water partition coefficient (Wildman–Crippen LogP) is 0.899. The molecule has 3 N–H and O–H groups in total. The molecule has 0 radical (unpaired) electrons. The highest BCUT2D eigenvalue weighted by atomic mass is 19.4. The summed E-state index contributed by atoms with van der Waals surface area (Å²) in [5.74, 6) is -1.99. The van der Waals surface area contributed by atoms with Crippen LogP contribution in [0.5, 0.6) is 0 Å². The Hall–Kier alpha value is -1.31. The number of halogens is 3. The van der Waals surface area contributed by atoms with Gasteiger partial charge in [0.1, 0.15) is 0 Å². The molecular weight excluding hydrogens is 265 g/mol. The average Bonchev–Trinajstić information content (AvgIpc) is 2.77. The maximum absolute atomic E-state index is 13.0. The minimum Gasteiger partial charge on any atom is -0.481 e. The molecule has 0 saturated carbocycles. The topological polar surface area (TPSA) is 78.4 Å². The fraction of sp³-hybridized carbons (Fsp3) is 0.818. The molecule has 0 aromatic heterocycles. The average molecular weight is 282 g/mol. The van der Waals surface area contributed by atoms with Crippen molar-refractivity contribution in [2.45, 2.75) is 31.9 Å². The number of rotatable bonds is 6. The number of alkyl halides is 3. The Bertz CT molecular complexity index is 339. The van der Waals surface area contributed by atoms with E-state index >= 15 is 0 Å². The zero-order chi connectivity index (χ0) is 14.5. The summed E-state index contributed by atoms with van der Waals surface area (Å²) in [6, 6.07) is 0. The molecule has 1 rings (SSSR count). The summed E-state index contributed by atoms with van der Waals surface area (Å²) in [5.41, 5.74) is -2.35. The lowest BCUT2D eigenvalue weighted by Gasteiger charge is -2.29. The first-order valence-electron chi connectivity index (χ1n) is 6.07. The highest BCUT2D eigenvalue weighted by molar-refractivity contribution is 5.84. The largest absolute Gasteiger partial charge is 0.481 e. The first kappa shape index (κ1) is 15.7. The molecule has 1 atom stereocenters. The molecule has 0 aromatic rings. The van der Waals surface area contributed by atoms with Crippen LogP contribution in [0.1, 0.15) is 25.7 Å². The smallest absolute Gasteiger partial charge is 0.404 e. The van der Waals surface area contributed by atoms with Crippen LogP contribution in [0.25, 0.3) is 0 Å². The molecule has 1 aliphatic rings. The molecule has 0 aliphatic carbocycles. The van der Waals surface area contributed by atoms with Crippen LogP contribution >= 0.6 is 0 Å². The van der Waals surface area contributed by atoms with Crippen LogP contribution in [-0.4, -0.2) is 42.8 Å². The van der Waals surface area contributed by atoms with Gasteiger partial charge in [-0.1, -0.05) is 0 Å². The van der Waals surface area contributed by atoms with Gasteiger partial charge in [-0.05, 0) is 25.8 Å². The third-order valence-corrected chi connectivity index (χ3v) is 3.24. The van der Waals surface area contributed by atoms with E-state index in [-0.39, 0.29) is 25.9 Å². The molecule has 110 valence electrons. The minimum atomic E-state index is -4.58. The van der Waals surface area contributed by atoms with Crippen molar-refractivity contribution in [3.63, 3.8) is 0 Å². The number of aliphatic carboxylic acids is 1. The summed E-state index contributed by atoms with van der Waals surface area (Å²) < 4.78 is 38.9. The molecular formula is C11H17F3N2O3. The lowest BCUT2D eigenvalue weighted by Crippen LogP contribution is -2.52. The van der Waals surface area contributed by atoms with E-state index in [2.05, 4.69) is 10.6 Å². The van der Waals surface area contributed by atoms with Gasteiger partial charge in [-0.15, -0.1) is 0 Å². The zero-order valence-corrected chi connectivity index (χ0v) is 10.3. The van der Waals surface area contributed by atoms with Crippen molar-refractivity contribution in [3.05, 3.63) is 0 Å². The monoisotopic (exact) mass is 282 g/mol. The van der Waals surface area contributed by atoms with Gasteiger partial charge in [0.25, 0.3) is 0 Å². The van der Waals surface area contributed by atoms with Crippen molar-refractivity contribution in [1.29, 1.82) is 0 Å². The van der Waals surface area contributed by atoms with Crippen molar-refractivity contribution in [3.8, 4) is 0 Å². The number of carboxylic acids is 1. The SMILES string of the molecule is O=C(O)CCCCNC(=O)C1(C(F)(F)F)CCNC1. The standard InChI is InChI=1S/C11H17F3N2O3/c12-11(13,14)10(4-6-15-7-10)9(19)16-5-2-1-3-8(17)18/h15H,1-7H2,(H,16,19)(H,17,18). The second-order valence-corrected chi connectivity index (χ2v) is 4.61. The van der Waals surface area contributed by atoms with E-state index in [9.17, 15) is 22.8 Å². The van der Waals surface area contributed by atoms with Gasteiger partial charge in [0.05, 0.1) is 0 Å². The Labute approximate surface area is 108 Å². The quantitative estimate of drug-likeness (QED) is 0.632. The van der Waals surface area contributed by atoms with Gasteiger partial charge in [-0.2, -0.15) is 13.2 Å². The fourth-order valence-electron chi connectivity index (χ4n) is 2.03. The van der Waals surface area contributed by atoms with E-state index < -0.39 is 30.0 Å². The maximum Gasteiger partial charge on any atom is 0.404 e. The van der Waals surface area contributed by atoms with Crippen molar-refractivity contribution < 1.29 is 27.9 Å². The summed E-state index contributed by atoms with van der Waals surface area (Å²) in [6.45, 7) is -0.187. The molecule has 19 heavy (non-hydrogen) atoms. The first-order chi connectivity index (χ1) is 8.79. The molecule has 1 aliphatic heterocycles. The Morgan fingerprint density at radius 3 is 2.47 bits per heavy atom. The second kappa shape index (κ2) is 6.23. The van der Waals surface area contributed by atoms with Gasteiger partial charge in [0.15, 0.2) is 5.41 Å². The van der Waals surface area contributed by atoms with Crippen LogP contribution in [-0.2, 0) is 9.59 Å². The van der Waals surface area contributed by atoms with Crippen molar-refractivity contribution in [1.82, 2.24) is 10.6 Å². The first-order valence-corrected chi connectivity index (χ1v) is 6.07. The number of hydrogen-bond donors (Lipinski definition) is 3. The highest BCUT2D eigenvalue weighted by Gasteiger charge is 2.61. The molecule has 1 amide bonds. The minimum absolute atomic E-state index is 0.0537. The van der Waals surface area contributed by atoms with Crippen LogP contribution in [0.3, 0.4) is 0 Å². The van der Waals surface area contributed by atoms with Gasteiger partial charge < -0.3 is 15.7 Å². The Balaban J connectivity index is 2.44. The molecule has 1 heterocycles. The van der Waals surface area contributed by atoms with Crippen LogP contribution in [0.15, 0.2) is 0 Å². The van der Waals surface area contributed by atoms with E-state index in [1.165, 1.54) is 0 Å². The maximum atomic E-state index is 13.0. The Morgan fingerprint density at radius 2 is 2.00 bits per heavy atom. The molecule has 1 saturated heterocycles. The fourth-order valence-corrected chi connectivity index (χ4v) is 2.03. The third kappa shape index (κ3) is 3.82. The van der Waals surface area contributed by atoms with Crippen LogP contribution < -0.4 is 10.6 Å². The summed E-state index contributed by atoms with van der Waals surface area (Å²) in [5, 5.41) is 13.2. The van der Waals surface area contributed by atoms with E-state index in [1.807, 2.05) is 0 Å². The third-order valence-electron chi connectivity index (χ3n) is 3.24. The van der Waals surface area contributed by atoms with Crippen LogP contribution in [0.2, 0.25) is 0 Å². The lowest BCUT2D eigenvalue weighted by molar-refractivity contribution is -0.216. The number of carbonyl (C=O) groups is 2. The Kier molecular flexibility index (Phi) is 5.16. The van der Waals surface area contributed by atoms with E-state index in [1.54, 1.807) is 0 Å². The normalized spacial score (nSPS) is 23.3. The summed E-state index contributed by atoms with van der Waals surface area (Å²) in [7, 11) is 0. The predicted molar refractivity (Wildman–Crippen MR) is 60.5 cm³/mol. The second-order valence-electron chi connectivity index (χ2n) is 4.61. The van der Waals surface area contributed by atoms with Gasteiger partial charge in [-0.25, -0.2) is 0 Å². The number of carbonyl (C=O) groups excluding carboxylic acids is 1. The number of carboxylic acid groups (broad SMARTS) is 1. The van der Waals surface area contributed by atoms with Gasteiger partial charge in [0.2, 0.25) is 5.91 Å². The van der Waals surface area contributed by atoms with Crippen LogP contribution in [0, 0.1) is 5.41 Å². The molecule has 0 aromatic carbocycles. The van der Waals surface area contributed by atoms with Gasteiger partial charge in [-0.3, -0.25) is 9.59 Å². The molecule has 1 unspecified atom stereocenters.